The molecule has 8 nitrogen and oxygen atoms in total. The molecule has 0 saturated carbocycles. The minimum Gasteiger partial charge on any atom is -0.469 e. The molecule has 2 aromatic carbocycles. The number of fused-ring (bicyclic) bond motifs is 2. The fourth-order valence-electron chi connectivity index (χ4n) is 4.12. The van der Waals surface area contributed by atoms with Gasteiger partial charge in [0.05, 0.1) is 36.5 Å². The summed E-state index contributed by atoms with van der Waals surface area (Å²) in [7, 11) is 3.05. The van der Waals surface area contributed by atoms with Gasteiger partial charge < -0.3 is 19.9 Å². The van der Waals surface area contributed by atoms with Crippen molar-refractivity contribution in [3.05, 3.63) is 65.0 Å². The summed E-state index contributed by atoms with van der Waals surface area (Å²) in [6.45, 7) is 2.41. The fourth-order valence-corrected chi connectivity index (χ4v) is 4.12. The van der Waals surface area contributed by atoms with Crippen LogP contribution in [0.4, 0.5) is 0 Å². The molecule has 0 fully saturated rings. The lowest BCUT2D eigenvalue weighted by atomic mass is 9.79. The first-order valence-electron chi connectivity index (χ1n) is 10.4. The number of hydrogen-bond donors (Lipinski definition) is 2. The van der Waals surface area contributed by atoms with Gasteiger partial charge in [-0.25, -0.2) is 4.98 Å². The predicted molar refractivity (Wildman–Crippen MR) is 119 cm³/mol. The molecule has 1 atom stereocenters. The lowest BCUT2D eigenvalue weighted by Gasteiger charge is -2.25. The summed E-state index contributed by atoms with van der Waals surface area (Å²) in [6, 6.07) is 13.2. The molecule has 0 aliphatic carbocycles. The molecule has 32 heavy (non-hydrogen) atoms. The average Bonchev–Trinajstić information content (AvgIpc) is 3.14. The maximum Gasteiger partial charge on any atom is 0.306 e. The number of methoxy groups -OCH3 is 1. The molecule has 1 unspecified atom stereocenters. The monoisotopic (exact) mass is 434 g/mol. The van der Waals surface area contributed by atoms with Crippen molar-refractivity contribution in [3.8, 4) is 0 Å². The molecular weight excluding hydrogens is 408 g/mol. The van der Waals surface area contributed by atoms with E-state index in [9.17, 15) is 14.4 Å². The van der Waals surface area contributed by atoms with Gasteiger partial charge in [-0.3, -0.25) is 14.4 Å². The zero-order chi connectivity index (χ0) is 22.9. The molecule has 166 valence electrons. The van der Waals surface area contributed by atoms with Gasteiger partial charge in [0, 0.05) is 19.2 Å². The highest BCUT2D eigenvalue weighted by molar-refractivity contribution is 5.94. The van der Waals surface area contributed by atoms with Gasteiger partial charge in [0.2, 0.25) is 5.91 Å². The van der Waals surface area contributed by atoms with Crippen molar-refractivity contribution in [2.45, 2.75) is 32.9 Å². The molecular formula is C24H26N4O4. The Bertz CT molecular complexity index is 1170. The minimum atomic E-state index is -0.901. The standard InChI is InChI=1S/C24H26N4O4/c1-24(12-21(29)32-3)11-16-9-8-15(10-17(16)13-25-23(24)31)22(30)28(2)14-20-26-18-6-4-5-7-19(18)27-20/h4-10H,11-14H2,1-3H3,(H,25,31)(H,26,27). The van der Waals surface area contributed by atoms with E-state index in [-0.39, 0.29) is 18.2 Å². The Morgan fingerprint density at radius 2 is 1.97 bits per heavy atom. The van der Waals surface area contributed by atoms with Gasteiger partial charge >= 0.3 is 5.97 Å². The highest BCUT2D eigenvalue weighted by Gasteiger charge is 2.38. The first kappa shape index (κ1) is 21.5. The van der Waals surface area contributed by atoms with Crippen molar-refractivity contribution in [1.29, 1.82) is 0 Å². The third-order valence-corrected chi connectivity index (χ3v) is 5.96. The number of hydrogen-bond acceptors (Lipinski definition) is 5. The molecule has 1 aliphatic rings. The quantitative estimate of drug-likeness (QED) is 0.601. The molecule has 2 N–H and O–H groups in total. The largest absolute Gasteiger partial charge is 0.469 e. The normalized spacial score (nSPS) is 17.9. The number of nitrogens with zero attached hydrogens (tertiary/aromatic N) is 2. The second-order valence-electron chi connectivity index (χ2n) is 8.52. The summed E-state index contributed by atoms with van der Waals surface area (Å²) in [4.78, 5) is 46.9. The summed E-state index contributed by atoms with van der Waals surface area (Å²) in [6.07, 6.45) is 0.391. The van der Waals surface area contributed by atoms with Gasteiger partial charge in [-0.05, 0) is 48.7 Å². The summed E-state index contributed by atoms with van der Waals surface area (Å²) < 4.78 is 4.76. The van der Waals surface area contributed by atoms with E-state index in [4.69, 9.17) is 4.74 Å². The topological polar surface area (TPSA) is 104 Å². The van der Waals surface area contributed by atoms with E-state index < -0.39 is 11.4 Å². The Balaban J connectivity index is 1.52. The second-order valence-corrected chi connectivity index (χ2v) is 8.52. The van der Waals surface area contributed by atoms with Crippen LogP contribution in [0.1, 0.15) is 40.7 Å². The Hall–Kier alpha value is -3.68. The molecule has 0 spiro atoms. The van der Waals surface area contributed by atoms with E-state index >= 15 is 0 Å². The maximum absolute atomic E-state index is 13.0. The molecule has 8 heteroatoms. The number of carbonyl (C=O) groups is 3. The van der Waals surface area contributed by atoms with E-state index in [1.807, 2.05) is 36.4 Å². The number of esters is 1. The van der Waals surface area contributed by atoms with Gasteiger partial charge in [-0.1, -0.05) is 18.2 Å². The SMILES string of the molecule is COC(=O)CC1(C)Cc2ccc(C(=O)N(C)Cc3nc4ccccc4[nH]3)cc2CNC1=O. The van der Waals surface area contributed by atoms with Gasteiger partial charge in [-0.2, -0.15) is 0 Å². The zero-order valence-electron chi connectivity index (χ0n) is 18.4. The molecule has 0 saturated heterocycles. The van der Waals surface area contributed by atoms with E-state index in [0.717, 1.165) is 22.2 Å². The van der Waals surface area contributed by atoms with Gasteiger partial charge in [0.25, 0.3) is 5.91 Å². The molecule has 0 bridgehead atoms. The van der Waals surface area contributed by atoms with E-state index in [0.29, 0.717) is 30.9 Å². The predicted octanol–water partition coefficient (Wildman–Crippen LogP) is 2.58. The minimum absolute atomic E-state index is 0.00427. The summed E-state index contributed by atoms with van der Waals surface area (Å²) >= 11 is 0. The van der Waals surface area contributed by atoms with E-state index in [2.05, 4.69) is 15.3 Å². The van der Waals surface area contributed by atoms with Crippen molar-refractivity contribution < 1.29 is 19.1 Å². The fraction of sp³-hybridized carbons (Fsp3) is 0.333. The number of aromatic amines is 1. The van der Waals surface area contributed by atoms with E-state index in [1.165, 1.54) is 7.11 Å². The number of carbonyl (C=O) groups excluding carboxylic acids is 3. The highest BCUT2D eigenvalue weighted by Crippen LogP contribution is 2.32. The third kappa shape index (κ3) is 4.21. The summed E-state index contributed by atoms with van der Waals surface area (Å²) in [5.74, 6) is -0.0529. The van der Waals surface area contributed by atoms with Crippen LogP contribution in [0, 0.1) is 5.41 Å². The smallest absolute Gasteiger partial charge is 0.306 e. The second kappa shape index (κ2) is 8.45. The lowest BCUT2D eigenvalue weighted by Crippen LogP contribution is -2.39. The van der Waals surface area contributed by atoms with Crippen molar-refractivity contribution in [2.24, 2.45) is 5.41 Å². The van der Waals surface area contributed by atoms with Crippen LogP contribution >= 0.6 is 0 Å². The summed E-state index contributed by atoms with van der Waals surface area (Å²) in [5, 5.41) is 2.88. The van der Waals surface area contributed by atoms with Crippen LogP contribution in [0.5, 0.6) is 0 Å². The molecule has 0 radical (unpaired) electrons. The third-order valence-electron chi connectivity index (χ3n) is 5.96. The van der Waals surface area contributed by atoms with Crippen LogP contribution in [-0.4, -0.2) is 46.8 Å². The summed E-state index contributed by atoms with van der Waals surface area (Å²) in [5.41, 5.74) is 3.23. The van der Waals surface area contributed by atoms with Crippen LogP contribution < -0.4 is 5.32 Å². The lowest BCUT2D eigenvalue weighted by molar-refractivity contribution is -0.147. The van der Waals surface area contributed by atoms with Gasteiger partial charge in [0.15, 0.2) is 0 Å². The number of ether oxygens (including phenoxy) is 1. The first-order chi connectivity index (χ1) is 15.3. The van der Waals surface area contributed by atoms with Crippen LogP contribution in [0.15, 0.2) is 42.5 Å². The average molecular weight is 434 g/mol. The van der Waals surface area contributed by atoms with Crippen LogP contribution in [0.2, 0.25) is 0 Å². The maximum atomic E-state index is 13.0. The molecule has 2 heterocycles. The van der Waals surface area contributed by atoms with Crippen molar-refractivity contribution >= 4 is 28.8 Å². The number of rotatable bonds is 5. The molecule has 3 aromatic rings. The molecule has 2 amide bonds. The Morgan fingerprint density at radius 3 is 2.72 bits per heavy atom. The van der Waals surface area contributed by atoms with Crippen molar-refractivity contribution in [3.63, 3.8) is 0 Å². The van der Waals surface area contributed by atoms with Crippen molar-refractivity contribution in [2.75, 3.05) is 14.2 Å². The number of imidazole rings is 1. The molecule has 4 rings (SSSR count). The number of H-pyrrole nitrogens is 1. The number of benzene rings is 2. The van der Waals surface area contributed by atoms with Gasteiger partial charge in [0.1, 0.15) is 5.82 Å². The first-order valence-corrected chi connectivity index (χ1v) is 10.4. The molecule has 1 aliphatic heterocycles. The number of amides is 2. The number of nitrogens with one attached hydrogen (secondary N) is 2. The number of aromatic nitrogens is 2. The Morgan fingerprint density at radius 1 is 1.19 bits per heavy atom. The number of para-hydroxylation sites is 2. The van der Waals surface area contributed by atoms with Crippen LogP contribution in [0.25, 0.3) is 11.0 Å². The van der Waals surface area contributed by atoms with Gasteiger partial charge in [-0.15, -0.1) is 0 Å². The molecule has 1 aromatic heterocycles. The highest BCUT2D eigenvalue weighted by atomic mass is 16.5. The zero-order valence-corrected chi connectivity index (χ0v) is 18.4. The van der Waals surface area contributed by atoms with Crippen molar-refractivity contribution in [1.82, 2.24) is 20.2 Å². The Labute approximate surface area is 186 Å². The van der Waals surface area contributed by atoms with Crippen LogP contribution in [0.3, 0.4) is 0 Å². The van der Waals surface area contributed by atoms with Crippen LogP contribution in [-0.2, 0) is 33.8 Å². The van der Waals surface area contributed by atoms with E-state index in [1.54, 1.807) is 24.9 Å². The Kier molecular flexibility index (Phi) is 5.69.